The van der Waals surface area contributed by atoms with Crippen LogP contribution in [0.5, 0.6) is 0 Å². The third kappa shape index (κ3) is 5.81. The second-order valence-corrected chi connectivity index (χ2v) is 8.69. The van der Waals surface area contributed by atoms with Crippen LogP contribution in [-0.4, -0.2) is 0 Å². The number of nitrogens with zero attached hydrogens (tertiary/aromatic N) is 1. The van der Waals surface area contributed by atoms with Crippen LogP contribution in [0.4, 0.5) is 0 Å². The average Bonchev–Trinajstić information content (AvgIpc) is 2.60. The van der Waals surface area contributed by atoms with E-state index in [1.54, 1.807) is 0 Å². The predicted octanol–water partition coefficient (Wildman–Crippen LogP) is 7.26. The minimum absolute atomic E-state index is 0.0442. The summed E-state index contributed by atoms with van der Waals surface area (Å²) < 4.78 is 0. The summed E-state index contributed by atoms with van der Waals surface area (Å²) in [5.41, 5.74) is 0.0442. The molecule has 2 rings (SSSR count). The van der Waals surface area contributed by atoms with E-state index in [4.69, 9.17) is 0 Å². The van der Waals surface area contributed by atoms with Crippen LogP contribution in [0.1, 0.15) is 110 Å². The second kappa shape index (κ2) is 9.71. The molecule has 1 nitrogen and oxygen atoms in total. The summed E-state index contributed by atoms with van der Waals surface area (Å²) in [6, 6.07) is 2.67. The van der Waals surface area contributed by atoms with Crippen LogP contribution in [0.25, 0.3) is 0 Å². The minimum Gasteiger partial charge on any atom is -0.198 e. The Morgan fingerprint density at radius 3 is 1.78 bits per heavy atom. The van der Waals surface area contributed by atoms with Gasteiger partial charge in [-0.3, -0.25) is 0 Å². The molecule has 0 aliphatic heterocycles. The summed E-state index contributed by atoms with van der Waals surface area (Å²) in [6.45, 7) is 4.54. The van der Waals surface area contributed by atoms with Crippen molar-refractivity contribution in [3.63, 3.8) is 0 Å². The summed E-state index contributed by atoms with van der Waals surface area (Å²) in [4.78, 5) is 0. The molecule has 23 heavy (non-hydrogen) atoms. The first-order valence-corrected chi connectivity index (χ1v) is 10.6. The molecule has 0 unspecified atom stereocenters. The predicted molar refractivity (Wildman–Crippen MR) is 99.1 cm³/mol. The van der Waals surface area contributed by atoms with Crippen LogP contribution in [0.15, 0.2) is 0 Å². The van der Waals surface area contributed by atoms with Gasteiger partial charge in [0.05, 0.1) is 11.5 Å². The Balaban J connectivity index is 1.62. The lowest BCUT2D eigenvalue weighted by Gasteiger charge is -2.36. The van der Waals surface area contributed by atoms with Gasteiger partial charge in [0, 0.05) is 0 Å². The first-order chi connectivity index (χ1) is 11.2. The fraction of sp³-hybridized carbons (Fsp3) is 0.955. The molecular formula is C22H39N. The number of hydrogen-bond donors (Lipinski definition) is 0. The normalized spacial score (nSPS) is 34.9. The van der Waals surface area contributed by atoms with Crippen molar-refractivity contribution < 1.29 is 0 Å². The standard InChI is InChI=1S/C22H39N/c1-3-5-6-19-7-9-20(10-8-19)11-12-21-13-16-22(18-23,15-4-2)17-14-21/h19-21H,3-17H2,1-2H3. The molecule has 0 aromatic carbocycles. The van der Waals surface area contributed by atoms with E-state index in [-0.39, 0.29) is 5.41 Å². The van der Waals surface area contributed by atoms with E-state index in [1.165, 1.54) is 89.9 Å². The Bertz CT molecular complexity index is 351. The molecule has 0 aromatic rings. The van der Waals surface area contributed by atoms with Gasteiger partial charge in [-0.2, -0.15) is 5.26 Å². The number of nitriles is 1. The molecule has 0 saturated heterocycles. The smallest absolute Gasteiger partial charge is 0.0689 e. The maximum atomic E-state index is 9.53. The summed E-state index contributed by atoms with van der Waals surface area (Å²) in [5, 5.41) is 9.53. The van der Waals surface area contributed by atoms with E-state index >= 15 is 0 Å². The minimum atomic E-state index is 0.0442. The third-order valence-electron chi connectivity index (χ3n) is 6.94. The molecule has 0 atom stereocenters. The second-order valence-electron chi connectivity index (χ2n) is 8.69. The maximum Gasteiger partial charge on any atom is 0.0689 e. The molecule has 132 valence electrons. The van der Waals surface area contributed by atoms with E-state index in [2.05, 4.69) is 19.9 Å². The molecule has 0 N–H and O–H groups in total. The zero-order valence-corrected chi connectivity index (χ0v) is 15.8. The van der Waals surface area contributed by atoms with Gasteiger partial charge in [0.15, 0.2) is 0 Å². The van der Waals surface area contributed by atoms with Crippen molar-refractivity contribution in [3.05, 3.63) is 0 Å². The van der Waals surface area contributed by atoms with E-state index in [0.717, 1.165) is 24.2 Å². The quantitative estimate of drug-likeness (QED) is 0.462. The third-order valence-corrected chi connectivity index (χ3v) is 6.94. The zero-order chi connectivity index (χ0) is 16.5. The van der Waals surface area contributed by atoms with E-state index in [9.17, 15) is 5.26 Å². The van der Waals surface area contributed by atoms with Gasteiger partial charge in [-0.1, -0.05) is 78.1 Å². The molecule has 0 amide bonds. The van der Waals surface area contributed by atoms with Gasteiger partial charge in [-0.05, 0) is 49.9 Å². The van der Waals surface area contributed by atoms with Crippen LogP contribution >= 0.6 is 0 Å². The van der Waals surface area contributed by atoms with Crippen LogP contribution in [0, 0.1) is 34.5 Å². The van der Waals surface area contributed by atoms with Crippen molar-refractivity contribution in [2.45, 2.75) is 110 Å². The Morgan fingerprint density at radius 2 is 1.30 bits per heavy atom. The van der Waals surface area contributed by atoms with Gasteiger partial charge in [0.25, 0.3) is 0 Å². The summed E-state index contributed by atoms with van der Waals surface area (Å²) in [7, 11) is 0. The molecule has 1 heteroatoms. The van der Waals surface area contributed by atoms with Crippen LogP contribution in [-0.2, 0) is 0 Å². The highest BCUT2D eigenvalue weighted by atomic mass is 14.4. The average molecular weight is 318 g/mol. The highest BCUT2D eigenvalue weighted by molar-refractivity contribution is 5.01. The number of unbranched alkanes of at least 4 members (excludes halogenated alkanes) is 1. The Labute approximate surface area is 145 Å². The SMILES string of the molecule is CCCCC1CCC(CCC2CCC(C#N)(CCC)CC2)CC1. The molecule has 2 aliphatic carbocycles. The monoisotopic (exact) mass is 317 g/mol. The Hall–Kier alpha value is -0.510. The Morgan fingerprint density at radius 1 is 0.783 bits per heavy atom. The summed E-state index contributed by atoms with van der Waals surface area (Å²) >= 11 is 0. The molecule has 0 spiro atoms. The van der Waals surface area contributed by atoms with Crippen LogP contribution in [0.3, 0.4) is 0 Å². The van der Waals surface area contributed by atoms with Crippen LogP contribution < -0.4 is 0 Å². The molecule has 2 saturated carbocycles. The highest BCUT2D eigenvalue weighted by Gasteiger charge is 2.34. The summed E-state index contributed by atoms with van der Waals surface area (Å²) in [5.74, 6) is 2.99. The first-order valence-electron chi connectivity index (χ1n) is 10.6. The fourth-order valence-electron chi connectivity index (χ4n) is 5.19. The molecule has 0 radical (unpaired) electrons. The summed E-state index contributed by atoms with van der Waals surface area (Å²) in [6.07, 6.45) is 20.5. The molecular weight excluding hydrogens is 278 g/mol. The van der Waals surface area contributed by atoms with Crippen molar-refractivity contribution in [3.8, 4) is 6.07 Å². The van der Waals surface area contributed by atoms with Crippen molar-refractivity contribution in [2.75, 3.05) is 0 Å². The lowest BCUT2D eigenvalue weighted by atomic mass is 9.67. The van der Waals surface area contributed by atoms with E-state index in [0.29, 0.717) is 0 Å². The van der Waals surface area contributed by atoms with Gasteiger partial charge in [0.1, 0.15) is 0 Å². The number of hydrogen-bond acceptors (Lipinski definition) is 1. The van der Waals surface area contributed by atoms with E-state index in [1.807, 2.05) is 0 Å². The van der Waals surface area contributed by atoms with Gasteiger partial charge >= 0.3 is 0 Å². The molecule has 0 bridgehead atoms. The lowest BCUT2D eigenvalue weighted by Crippen LogP contribution is -2.26. The van der Waals surface area contributed by atoms with Gasteiger partial charge < -0.3 is 0 Å². The van der Waals surface area contributed by atoms with Gasteiger partial charge in [0.2, 0.25) is 0 Å². The van der Waals surface area contributed by atoms with E-state index < -0.39 is 0 Å². The molecule has 0 aromatic heterocycles. The molecule has 2 aliphatic rings. The first kappa shape index (κ1) is 18.8. The molecule has 2 fully saturated rings. The van der Waals surface area contributed by atoms with Crippen molar-refractivity contribution in [1.82, 2.24) is 0 Å². The molecule has 0 heterocycles. The largest absolute Gasteiger partial charge is 0.198 e. The Kier molecular flexibility index (Phi) is 7.94. The van der Waals surface area contributed by atoms with Crippen molar-refractivity contribution in [2.24, 2.45) is 23.2 Å². The highest BCUT2D eigenvalue weighted by Crippen LogP contribution is 2.44. The van der Waals surface area contributed by atoms with Gasteiger partial charge in [-0.15, -0.1) is 0 Å². The van der Waals surface area contributed by atoms with Gasteiger partial charge in [-0.25, -0.2) is 0 Å². The number of rotatable bonds is 8. The van der Waals surface area contributed by atoms with Crippen LogP contribution in [0.2, 0.25) is 0 Å². The van der Waals surface area contributed by atoms with Crippen molar-refractivity contribution in [1.29, 1.82) is 5.26 Å². The topological polar surface area (TPSA) is 23.8 Å². The fourth-order valence-corrected chi connectivity index (χ4v) is 5.19. The lowest BCUT2D eigenvalue weighted by molar-refractivity contribution is 0.173. The maximum absolute atomic E-state index is 9.53. The van der Waals surface area contributed by atoms with Crippen molar-refractivity contribution >= 4 is 0 Å². The zero-order valence-electron chi connectivity index (χ0n) is 15.8.